The van der Waals surface area contributed by atoms with E-state index in [1.807, 2.05) is 6.92 Å². The molecule has 0 heterocycles. The molecule has 13 heavy (non-hydrogen) atoms. The molecule has 5 nitrogen and oxygen atoms in total. The van der Waals surface area contributed by atoms with Crippen molar-refractivity contribution in [3.63, 3.8) is 0 Å². The van der Waals surface area contributed by atoms with Crippen molar-refractivity contribution in [2.24, 2.45) is 5.18 Å². The predicted octanol–water partition coefficient (Wildman–Crippen LogP) is 1.46. The second-order valence-electron chi connectivity index (χ2n) is 2.63. The lowest BCUT2D eigenvalue weighted by atomic mass is 10.3. The lowest BCUT2D eigenvalue weighted by Gasteiger charge is -2.02. The fourth-order valence-electron chi connectivity index (χ4n) is 0.734. The first-order chi connectivity index (χ1) is 6.13. The normalized spacial score (nSPS) is 11.8. The smallest absolute Gasteiger partial charge is 0.277 e. The van der Waals surface area contributed by atoms with E-state index in [1.54, 1.807) is 0 Å². The van der Waals surface area contributed by atoms with Gasteiger partial charge in [-0.25, -0.2) is 0 Å². The Labute approximate surface area is 76.8 Å². The van der Waals surface area contributed by atoms with Gasteiger partial charge in [-0.15, -0.1) is 4.91 Å². The molecule has 0 aliphatic carbocycles. The number of hydrogen-bond acceptors (Lipinski definition) is 4. The highest BCUT2D eigenvalue weighted by Crippen LogP contribution is 2.01. The quantitative estimate of drug-likeness (QED) is 0.295. The predicted molar refractivity (Wildman–Crippen MR) is 49.0 cm³/mol. The van der Waals surface area contributed by atoms with Gasteiger partial charge in [0.15, 0.2) is 0 Å². The summed E-state index contributed by atoms with van der Waals surface area (Å²) in [6.07, 6.45) is 1.79. The fraction of sp³-hybridized carbons (Fsp3) is 0.625. The molecule has 0 rings (SSSR count). The summed E-state index contributed by atoms with van der Waals surface area (Å²) in [5, 5.41) is 13.8. The molecule has 5 heteroatoms. The topological polar surface area (TPSA) is 78.8 Å². The van der Waals surface area contributed by atoms with Crippen LogP contribution in [0.4, 0.5) is 0 Å². The van der Waals surface area contributed by atoms with E-state index in [0.29, 0.717) is 6.54 Å². The number of rotatable bonds is 5. The van der Waals surface area contributed by atoms with E-state index in [9.17, 15) is 9.70 Å². The molecule has 0 saturated carbocycles. The molecular weight excluding hydrogens is 172 g/mol. The zero-order valence-corrected chi connectivity index (χ0v) is 7.83. The van der Waals surface area contributed by atoms with E-state index in [4.69, 9.17) is 5.11 Å². The monoisotopic (exact) mass is 186 g/mol. The van der Waals surface area contributed by atoms with E-state index in [1.165, 1.54) is 6.92 Å². The number of nitrogens with one attached hydrogen (secondary N) is 1. The van der Waals surface area contributed by atoms with Gasteiger partial charge in [0.1, 0.15) is 5.76 Å². The Morgan fingerprint density at radius 3 is 2.54 bits per heavy atom. The molecule has 0 aliphatic rings. The van der Waals surface area contributed by atoms with Gasteiger partial charge in [0, 0.05) is 6.54 Å². The number of allylic oxidation sites excluding steroid dienone is 1. The molecule has 0 aromatic heterocycles. The third-order valence-electron chi connectivity index (χ3n) is 1.46. The Hall–Kier alpha value is -1.39. The summed E-state index contributed by atoms with van der Waals surface area (Å²) in [6.45, 7) is 3.72. The van der Waals surface area contributed by atoms with Crippen molar-refractivity contribution in [2.75, 3.05) is 6.54 Å². The first-order valence-corrected chi connectivity index (χ1v) is 4.14. The van der Waals surface area contributed by atoms with Crippen LogP contribution in [0.15, 0.2) is 16.6 Å². The zero-order valence-electron chi connectivity index (χ0n) is 7.83. The average molecular weight is 186 g/mol. The highest BCUT2D eigenvalue weighted by Gasteiger charge is 2.12. The highest BCUT2D eigenvalue weighted by atomic mass is 16.3. The fourth-order valence-corrected chi connectivity index (χ4v) is 0.734. The van der Waals surface area contributed by atoms with Gasteiger partial charge in [-0.05, 0) is 18.5 Å². The number of aliphatic hydroxyl groups is 1. The zero-order chi connectivity index (χ0) is 10.3. The Kier molecular flexibility index (Phi) is 5.50. The SMILES string of the molecule is CCCCNC(=O)/C(N=O)=C(\C)O. The van der Waals surface area contributed by atoms with Gasteiger partial charge in [-0.1, -0.05) is 13.3 Å². The lowest BCUT2D eigenvalue weighted by Crippen LogP contribution is -2.25. The third-order valence-corrected chi connectivity index (χ3v) is 1.46. The molecule has 0 aromatic rings. The molecule has 0 aliphatic heterocycles. The van der Waals surface area contributed by atoms with Crippen LogP contribution in [0, 0.1) is 4.91 Å². The minimum absolute atomic E-state index is 0.357. The Morgan fingerprint density at radius 2 is 2.15 bits per heavy atom. The number of carbonyl (C=O) groups is 1. The van der Waals surface area contributed by atoms with E-state index in [2.05, 4.69) is 10.5 Å². The molecule has 74 valence electrons. The Balaban J connectivity index is 4.09. The van der Waals surface area contributed by atoms with Crippen molar-refractivity contribution in [1.29, 1.82) is 0 Å². The number of hydrogen-bond donors (Lipinski definition) is 2. The molecule has 0 spiro atoms. The van der Waals surface area contributed by atoms with Crippen LogP contribution in [0.3, 0.4) is 0 Å². The van der Waals surface area contributed by atoms with Crippen LogP contribution in [-0.2, 0) is 4.79 Å². The molecule has 0 radical (unpaired) electrons. The summed E-state index contributed by atoms with van der Waals surface area (Å²) in [5.74, 6) is -0.979. The molecule has 0 atom stereocenters. The number of unbranched alkanes of at least 4 members (excludes halogenated alkanes) is 1. The molecule has 0 fully saturated rings. The van der Waals surface area contributed by atoms with Crippen LogP contribution in [0.5, 0.6) is 0 Å². The summed E-state index contributed by atoms with van der Waals surface area (Å²) >= 11 is 0. The van der Waals surface area contributed by atoms with Gasteiger partial charge in [0.2, 0.25) is 5.70 Å². The molecule has 0 bridgehead atoms. The highest BCUT2D eigenvalue weighted by molar-refractivity contribution is 5.93. The van der Waals surface area contributed by atoms with Crippen LogP contribution in [0.2, 0.25) is 0 Å². The molecule has 0 unspecified atom stereocenters. The van der Waals surface area contributed by atoms with Gasteiger partial charge < -0.3 is 10.4 Å². The van der Waals surface area contributed by atoms with E-state index < -0.39 is 11.6 Å². The summed E-state index contributed by atoms with van der Waals surface area (Å²) < 4.78 is 0. The van der Waals surface area contributed by atoms with Crippen LogP contribution in [0.1, 0.15) is 26.7 Å². The molecule has 1 amide bonds. The standard InChI is InChI=1S/C8H14N2O3/c1-3-4-5-9-8(12)7(10-13)6(2)11/h11H,3-5H2,1-2H3,(H,9,12)/b7-6-. The maximum Gasteiger partial charge on any atom is 0.277 e. The maximum atomic E-state index is 11.1. The molecular formula is C8H14N2O3. The lowest BCUT2D eigenvalue weighted by molar-refractivity contribution is -0.117. The van der Waals surface area contributed by atoms with Crippen LogP contribution >= 0.6 is 0 Å². The number of carbonyl (C=O) groups excluding carboxylic acids is 1. The van der Waals surface area contributed by atoms with Crippen molar-refractivity contribution >= 4 is 5.91 Å². The number of nitrogens with zero attached hydrogens (tertiary/aromatic N) is 1. The van der Waals surface area contributed by atoms with Crippen LogP contribution in [0.25, 0.3) is 0 Å². The number of nitroso groups, excluding NO2 is 1. The minimum atomic E-state index is -0.622. The van der Waals surface area contributed by atoms with Crippen LogP contribution < -0.4 is 5.32 Å². The van der Waals surface area contributed by atoms with Crippen molar-refractivity contribution in [3.8, 4) is 0 Å². The van der Waals surface area contributed by atoms with Crippen LogP contribution in [-0.4, -0.2) is 17.6 Å². The van der Waals surface area contributed by atoms with Gasteiger partial charge in [0.25, 0.3) is 5.91 Å². The largest absolute Gasteiger partial charge is 0.510 e. The summed E-state index contributed by atoms with van der Waals surface area (Å²) in [6, 6.07) is 0. The maximum absolute atomic E-state index is 11.1. The van der Waals surface area contributed by atoms with Gasteiger partial charge in [0.05, 0.1) is 0 Å². The van der Waals surface area contributed by atoms with E-state index in [-0.39, 0.29) is 5.76 Å². The summed E-state index contributed by atoms with van der Waals surface area (Å²) in [5.41, 5.74) is -0.448. The number of aliphatic hydroxyl groups excluding tert-OH is 1. The average Bonchev–Trinajstić information content (AvgIpc) is 2.05. The first kappa shape index (κ1) is 11.6. The van der Waals surface area contributed by atoms with E-state index in [0.717, 1.165) is 12.8 Å². The van der Waals surface area contributed by atoms with Crippen molar-refractivity contribution in [2.45, 2.75) is 26.7 Å². The van der Waals surface area contributed by atoms with Crippen molar-refractivity contribution < 1.29 is 9.90 Å². The second-order valence-corrected chi connectivity index (χ2v) is 2.63. The van der Waals surface area contributed by atoms with Gasteiger partial charge in [-0.3, -0.25) is 4.79 Å². The number of amides is 1. The second kappa shape index (κ2) is 6.16. The van der Waals surface area contributed by atoms with Crippen molar-refractivity contribution in [1.82, 2.24) is 5.32 Å². The minimum Gasteiger partial charge on any atom is -0.510 e. The summed E-state index contributed by atoms with van der Waals surface area (Å²) in [7, 11) is 0. The Bertz CT molecular complexity index is 219. The van der Waals surface area contributed by atoms with E-state index >= 15 is 0 Å². The van der Waals surface area contributed by atoms with Gasteiger partial charge in [-0.2, -0.15) is 0 Å². The summed E-state index contributed by atoms with van der Waals surface area (Å²) in [4.78, 5) is 21.2. The molecule has 2 N–H and O–H groups in total. The van der Waals surface area contributed by atoms with Gasteiger partial charge >= 0.3 is 0 Å². The van der Waals surface area contributed by atoms with Crippen molar-refractivity contribution in [3.05, 3.63) is 16.4 Å². The molecule has 0 saturated heterocycles. The third kappa shape index (κ3) is 4.25. The molecule has 0 aromatic carbocycles. The Morgan fingerprint density at radius 1 is 1.54 bits per heavy atom. The first-order valence-electron chi connectivity index (χ1n) is 4.14.